The topological polar surface area (TPSA) is 157 Å². The average Bonchev–Trinajstić information content (AvgIpc) is 3.09. The molecule has 2 fully saturated rings. The monoisotopic (exact) mass is 398 g/mol. The SMILES string of the molecule is O=c1[nH]c(O)c(/C=c2/cnn3c(=NC4CC4)nc(NC4(CO)CCCC4)nc23)[nH]1. The van der Waals surface area contributed by atoms with E-state index in [9.17, 15) is 15.0 Å². The molecule has 3 aromatic heterocycles. The van der Waals surface area contributed by atoms with Crippen molar-refractivity contribution >= 4 is 17.7 Å². The quantitative estimate of drug-likeness (QED) is 0.375. The van der Waals surface area contributed by atoms with Gasteiger partial charge in [-0.2, -0.15) is 19.6 Å². The van der Waals surface area contributed by atoms with Crippen molar-refractivity contribution < 1.29 is 10.2 Å². The van der Waals surface area contributed by atoms with Crippen LogP contribution in [-0.4, -0.2) is 58.0 Å². The summed E-state index contributed by atoms with van der Waals surface area (Å²) in [4.78, 5) is 30.0. The Morgan fingerprint density at radius 3 is 2.76 bits per heavy atom. The number of aromatic hydroxyl groups is 1. The lowest BCUT2D eigenvalue weighted by atomic mass is 9.99. The van der Waals surface area contributed by atoms with Crippen molar-refractivity contribution in [2.45, 2.75) is 50.1 Å². The van der Waals surface area contributed by atoms with Crippen molar-refractivity contribution in [3.05, 3.63) is 33.2 Å². The molecule has 0 radical (unpaired) electrons. The van der Waals surface area contributed by atoms with E-state index >= 15 is 0 Å². The molecule has 2 aliphatic carbocycles. The first-order valence-corrected chi connectivity index (χ1v) is 9.77. The molecule has 29 heavy (non-hydrogen) atoms. The molecule has 0 bridgehead atoms. The van der Waals surface area contributed by atoms with Gasteiger partial charge in [0.1, 0.15) is 5.69 Å². The third kappa shape index (κ3) is 3.37. The number of aromatic amines is 2. The molecule has 0 spiro atoms. The summed E-state index contributed by atoms with van der Waals surface area (Å²) < 4.78 is 1.55. The third-order valence-corrected chi connectivity index (χ3v) is 5.50. The molecule has 5 rings (SSSR count). The Morgan fingerprint density at radius 2 is 2.10 bits per heavy atom. The number of nitrogens with one attached hydrogen (secondary N) is 3. The fourth-order valence-electron chi connectivity index (χ4n) is 3.75. The number of aliphatic hydroxyl groups excluding tert-OH is 1. The molecule has 3 aromatic rings. The van der Waals surface area contributed by atoms with Crippen LogP contribution >= 0.6 is 0 Å². The van der Waals surface area contributed by atoms with Gasteiger partial charge < -0.3 is 20.5 Å². The zero-order valence-corrected chi connectivity index (χ0v) is 15.7. The highest BCUT2D eigenvalue weighted by Crippen LogP contribution is 2.31. The number of aromatic nitrogens is 6. The lowest BCUT2D eigenvalue weighted by Gasteiger charge is -2.27. The number of imidazole rings is 1. The van der Waals surface area contributed by atoms with Gasteiger partial charge in [0.25, 0.3) is 5.62 Å². The summed E-state index contributed by atoms with van der Waals surface area (Å²) in [7, 11) is 0. The molecular formula is C18H22N8O3. The first-order valence-electron chi connectivity index (χ1n) is 9.77. The number of anilines is 1. The summed E-state index contributed by atoms with van der Waals surface area (Å²) in [6, 6.07) is 0.237. The molecule has 0 aromatic carbocycles. The largest absolute Gasteiger partial charge is 0.493 e. The molecule has 152 valence electrons. The Hall–Kier alpha value is -3.21. The number of aliphatic hydroxyl groups is 1. The Morgan fingerprint density at radius 1 is 1.31 bits per heavy atom. The number of fused-ring (bicyclic) bond motifs is 1. The minimum atomic E-state index is -0.502. The van der Waals surface area contributed by atoms with Gasteiger partial charge >= 0.3 is 5.69 Å². The maximum Gasteiger partial charge on any atom is 0.326 e. The number of hydrogen-bond donors (Lipinski definition) is 5. The fourth-order valence-corrected chi connectivity index (χ4v) is 3.75. The first kappa shape index (κ1) is 17.9. The van der Waals surface area contributed by atoms with Gasteiger partial charge in [-0.05, 0) is 31.8 Å². The highest BCUT2D eigenvalue weighted by atomic mass is 16.3. The van der Waals surface area contributed by atoms with E-state index in [-0.39, 0.29) is 24.2 Å². The second-order valence-electron chi connectivity index (χ2n) is 7.80. The molecule has 0 amide bonds. The van der Waals surface area contributed by atoms with Crippen LogP contribution in [0.25, 0.3) is 11.7 Å². The van der Waals surface area contributed by atoms with Crippen LogP contribution in [0.2, 0.25) is 0 Å². The van der Waals surface area contributed by atoms with Gasteiger partial charge in [-0.3, -0.25) is 4.98 Å². The Balaban J connectivity index is 1.67. The summed E-state index contributed by atoms with van der Waals surface area (Å²) in [6.45, 7) is 0.00729. The maximum atomic E-state index is 11.4. The van der Waals surface area contributed by atoms with E-state index in [1.165, 1.54) is 0 Å². The summed E-state index contributed by atoms with van der Waals surface area (Å²) in [6.07, 6.45) is 9.00. The molecule has 11 nitrogen and oxygen atoms in total. The van der Waals surface area contributed by atoms with Crippen LogP contribution in [0.3, 0.4) is 0 Å². The Kier molecular flexibility index (Phi) is 4.12. The van der Waals surface area contributed by atoms with Gasteiger partial charge in [-0.1, -0.05) is 12.8 Å². The van der Waals surface area contributed by atoms with Crippen molar-refractivity contribution in [2.75, 3.05) is 11.9 Å². The van der Waals surface area contributed by atoms with Crippen LogP contribution in [0, 0.1) is 0 Å². The van der Waals surface area contributed by atoms with Gasteiger partial charge in [-0.25, -0.2) is 9.79 Å². The van der Waals surface area contributed by atoms with E-state index in [0.29, 0.717) is 22.4 Å². The zero-order valence-electron chi connectivity index (χ0n) is 15.7. The summed E-state index contributed by atoms with van der Waals surface area (Å²) >= 11 is 0. The van der Waals surface area contributed by atoms with Gasteiger partial charge in [0, 0.05) is 5.22 Å². The van der Waals surface area contributed by atoms with Crippen molar-refractivity contribution in [1.29, 1.82) is 0 Å². The Bertz CT molecular complexity index is 1230. The van der Waals surface area contributed by atoms with Gasteiger partial charge in [0.15, 0.2) is 5.65 Å². The molecule has 0 saturated heterocycles. The molecule has 0 aliphatic heterocycles. The van der Waals surface area contributed by atoms with E-state index in [1.54, 1.807) is 16.8 Å². The molecule has 3 heterocycles. The van der Waals surface area contributed by atoms with Gasteiger partial charge in [0.05, 0.1) is 24.4 Å². The highest BCUT2D eigenvalue weighted by Gasteiger charge is 2.34. The van der Waals surface area contributed by atoms with E-state index in [4.69, 9.17) is 0 Å². The van der Waals surface area contributed by atoms with Crippen LogP contribution in [0.4, 0.5) is 5.95 Å². The minimum Gasteiger partial charge on any atom is -0.493 e. The highest BCUT2D eigenvalue weighted by molar-refractivity contribution is 5.57. The summed E-state index contributed by atoms with van der Waals surface area (Å²) in [5.41, 5.74) is 0.245. The standard InChI is InChI=1S/C18H22N8O3/c27-9-18(5-1-2-6-18)25-15-22-13-10(7-12-14(28)23-17(29)21-12)8-19-26(13)16(24-15)20-11-3-4-11/h7-8,11,27-28H,1-6,9H2,(H,20,24,25)(H2,21,23,29)/b10-7-. The smallest absolute Gasteiger partial charge is 0.326 e. The van der Waals surface area contributed by atoms with Crippen LogP contribution in [-0.2, 0) is 0 Å². The second kappa shape index (κ2) is 6.69. The minimum absolute atomic E-state index is 0.00729. The molecule has 2 aliphatic rings. The number of H-pyrrole nitrogens is 2. The molecule has 0 atom stereocenters. The van der Waals surface area contributed by atoms with Crippen molar-refractivity contribution in [1.82, 2.24) is 29.5 Å². The normalized spacial score (nSPS) is 20.0. The van der Waals surface area contributed by atoms with E-state index in [2.05, 4.69) is 35.3 Å². The predicted octanol–water partition coefficient (Wildman–Crippen LogP) is -0.826. The maximum absolute atomic E-state index is 11.4. The molecule has 0 unspecified atom stereocenters. The van der Waals surface area contributed by atoms with Crippen molar-refractivity contribution in [3.63, 3.8) is 0 Å². The zero-order chi connectivity index (χ0) is 20.0. The first-order chi connectivity index (χ1) is 14.0. The van der Waals surface area contributed by atoms with Crippen LogP contribution in [0.5, 0.6) is 5.88 Å². The third-order valence-electron chi connectivity index (χ3n) is 5.50. The lowest BCUT2D eigenvalue weighted by molar-refractivity contribution is 0.213. The van der Waals surface area contributed by atoms with E-state index in [0.717, 1.165) is 38.5 Å². The van der Waals surface area contributed by atoms with Crippen LogP contribution in [0.15, 0.2) is 16.0 Å². The number of nitrogens with zero attached hydrogens (tertiary/aromatic N) is 5. The molecule has 5 N–H and O–H groups in total. The van der Waals surface area contributed by atoms with E-state index in [1.807, 2.05) is 0 Å². The van der Waals surface area contributed by atoms with Crippen molar-refractivity contribution in [2.24, 2.45) is 4.99 Å². The summed E-state index contributed by atoms with van der Waals surface area (Å²) in [5, 5.41) is 28.1. The van der Waals surface area contributed by atoms with Crippen molar-refractivity contribution in [3.8, 4) is 5.88 Å². The second-order valence-corrected chi connectivity index (χ2v) is 7.80. The van der Waals surface area contributed by atoms with Crippen LogP contribution < -0.4 is 21.8 Å². The number of hydrogen-bond acceptors (Lipinski definition) is 8. The fraction of sp³-hybridized carbons (Fsp3) is 0.500. The van der Waals surface area contributed by atoms with Gasteiger partial charge in [0.2, 0.25) is 11.8 Å². The lowest BCUT2D eigenvalue weighted by Crippen LogP contribution is -2.40. The average molecular weight is 398 g/mol. The molecule has 2 saturated carbocycles. The number of rotatable bonds is 5. The Labute approximate surface area is 164 Å². The molecular weight excluding hydrogens is 376 g/mol. The van der Waals surface area contributed by atoms with Crippen LogP contribution in [0.1, 0.15) is 44.2 Å². The van der Waals surface area contributed by atoms with Gasteiger partial charge in [-0.15, -0.1) is 0 Å². The van der Waals surface area contributed by atoms with E-state index < -0.39 is 11.2 Å². The predicted molar refractivity (Wildman–Crippen MR) is 103 cm³/mol. The molecule has 11 heteroatoms. The summed E-state index contributed by atoms with van der Waals surface area (Å²) in [5.74, 6) is 0.129.